The van der Waals surface area contributed by atoms with Crippen LogP contribution in [0, 0.1) is 0 Å². The molecule has 6 nitrogen and oxygen atoms in total. The number of para-hydroxylation sites is 2. The maximum atomic E-state index is 12.3. The van der Waals surface area contributed by atoms with Crippen LogP contribution in [0.1, 0.15) is 0 Å². The third kappa shape index (κ3) is 4.67. The molecule has 0 aliphatic carbocycles. The minimum absolute atomic E-state index is 0.0851. The summed E-state index contributed by atoms with van der Waals surface area (Å²) in [5.74, 6) is 0.845. The van der Waals surface area contributed by atoms with Crippen LogP contribution in [0.3, 0.4) is 0 Å². The largest absolute Gasteiger partial charge is 0.482 e. The van der Waals surface area contributed by atoms with Crippen LogP contribution in [0.25, 0.3) is 0 Å². The number of benzene rings is 2. The molecule has 0 unspecified atom stereocenters. The van der Waals surface area contributed by atoms with Gasteiger partial charge < -0.3 is 19.3 Å². The van der Waals surface area contributed by atoms with Crippen LogP contribution in [0.5, 0.6) is 11.5 Å². The third-order valence-corrected chi connectivity index (χ3v) is 4.34. The monoisotopic (exact) mass is 374 g/mol. The lowest BCUT2D eigenvalue weighted by molar-refractivity contribution is -0.134. The van der Waals surface area contributed by atoms with Gasteiger partial charge in [-0.2, -0.15) is 0 Å². The van der Waals surface area contributed by atoms with Gasteiger partial charge in [-0.05, 0) is 24.3 Å². The van der Waals surface area contributed by atoms with Gasteiger partial charge in [0, 0.05) is 26.2 Å². The number of piperazine rings is 1. The number of amides is 2. The number of carbonyl (C=O) groups excluding carboxylic acids is 2. The molecule has 1 saturated heterocycles. The quantitative estimate of drug-likeness (QED) is 0.825. The number of hydrogen-bond donors (Lipinski definition) is 0. The van der Waals surface area contributed by atoms with Crippen molar-refractivity contribution < 1.29 is 19.1 Å². The summed E-state index contributed by atoms with van der Waals surface area (Å²) >= 11 is 6.01. The Labute approximate surface area is 156 Å². The Balaban J connectivity index is 1.45. The van der Waals surface area contributed by atoms with E-state index < -0.39 is 6.09 Å². The van der Waals surface area contributed by atoms with Gasteiger partial charge in [-0.25, -0.2) is 4.79 Å². The predicted octanol–water partition coefficient (Wildman–Crippen LogP) is 3.06. The van der Waals surface area contributed by atoms with Crippen LogP contribution in [0.4, 0.5) is 4.79 Å². The molecule has 7 heteroatoms. The Hall–Kier alpha value is -2.73. The number of ether oxygens (including phenoxy) is 2. The molecule has 1 heterocycles. The van der Waals surface area contributed by atoms with Gasteiger partial charge in [-0.1, -0.05) is 41.9 Å². The molecule has 1 aliphatic heterocycles. The van der Waals surface area contributed by atoms with Crippen molar-refractivity contribution >= 4 is 23.6 Å². The van der Waals surface area contributed by atoms with Gasteiger partial charge in [0.25, 0.3) is 5.91 Å². The molecule has 26 heavy (non-hydrogen) atoms. The summed E-state index contributed by atoms with van der Waals surface area (Å²) in [6.07, 6.45) is -0.407. The maximum Gasteiger partial charge on any atom is 0.415 e. The molecule has 0 bridgehead atoms. The summed E-state index contributed by atoms with van der Waals surface area (Å²) in [6.45, 7) is 1.63. The normalized spacial score (nSPS) is 14.0. The second-order valence-electron chi connectivity index (χ2n) is 5.77. The standard InChI is InChI=1S/C19H19ClN2O4/c20-16-8-4-5-9-17(16)25-14-18(23)21-10-12-22(13-11-21)19(24)26-15-6-2-1-3-7-15/h1-9H,10-14H2. The molecule has 2 aromatic rings. The van der Waals surface area contributed by atoms with E-state index in [1.54, 1.807) is 58.3 Å². The smallest absolute Gasteiger partial charge is 0.415 e. The molecule has 1 fully saturated rings. The van der Waals surface area contributed by atoms with Gasteiger partial charge in [-0.3, -0.25) is 4.79 Å². The summed E-state index contributed by atoms with van der Waals surface area (Å²) in [6, 6.07) is 15.9. The van der Waals surface area contributed by atoms with E-state index in [2.05, 4.69) is 0 Å². The summed E-state index contributed by atoms with van der Waals surface area (Å²) in [5.41, 5.74) is 0. The van der Waals surface area contributed by atoms with Gasteiger partial charge in [-0.15, -0.1) is 0 Å². The Morgan fingerprint density at radius 2 is 1.50 bits per heavy atom. The Morgan fingerprint density at radius 3 is 2.19 bits per heavy atom. The van der Waals surface area contributed by atoms with Crippen LogP contribution in [0.2, 0.25) is 5.02 Å². The molecule has 136 valence electrons. The Kier molecular flexibility index (Phi) is 5.96. The Morgan fingerprint density at radius 1 is 0.885 bits per heavy atom. The van der Waals surface area contributed by atoms with Gasteiger partial charge in [0.2, 0.25) is 0 Å². The highest BCUT2D eigenvalue weighted by molar-refractivity contribution is 6.32. The van der Waals surface area contributed by atoms with E-state index >= 15 is 0 Å². The molecule has 0 spiro atoms. The maximum absolute atomic E-state index is 12.3. The van der Waals surface area contributed by atoms with Crippen molar-refractivity contribution in [2.45, 2.75) is 0 Å². The summed E-state index contributed by atoms with van der Waals surface area (Å²) in [5, 5.41) is 0.466. The second kappa shape index (κ2) is 8.58. The summed E-state index contributed by atoms with van der Waals surface area (Å²) in [7, 11) is 0. The molecule has 2 aromatic carbocycles. The highest BCUT2D eigenvalue weighted by Crippen LogP contribution is 2.23. The lowest BCUT2D eigenvalue weighted by atomic mass is 10.3. The number of hydrogen-bond acceptors (Lipinski definition) is 4. The van der Waals surface area contributed by atoms with Gasteiger partial charge >= 0.3 is 6.09 Å². The number of carbonyl (C=O) groups is 2. The van der Waals surface area contributed by atoms with E-state index in [0.29, 0.717) is 42.7 Å². The molecule has 0 atom stereocenters. The van der Waals surface area contributed by atoms with Crippen LogP contribution in [-0.4, -0.2) is 54.6 Å². The summed E-state index contributed by atoms with van der Waals surface area (Å²) < 4.78 is 10.8. The van der Waals surface area contributed by atoms with E-state index in [0.717, 1.165) is 0 Å². The lowest BCUT2D eigenvalue weighted by Crippen LogP contribution is -2.52. The summed E-state index contributed by atoms with van der Waals surface area (Å²) in [4.78, 5) is 27.7. The molecule has 0 saturated carbocycles. The zero-order valence-electron chi connectivity index (χ0n) is 14.1. The van der Waals surface area contributed by atoms with E-state index in [-0.39, 0.29) is 12.5 Å². The first kappa shape index (κ1) is 18.1. The van der Waals surface area contributed by atoms with Crippen molar-refractivity contribution in [3.05, 3.63) is 59.6 Å². The van der Waals surface area contributed by atoms with Gasteiger partial charge in [0.15, 0.2) is 6.61 Å². The first-order valence-electron chi connectivity index (χ1n) is 8.30. The molecule has 3 rings (SSSR count). The predicted molar refractivity (Wildman–Crippen MR) is 97.6 cm³/mol. The molecule has 0 radical (unpaired) electrons. The number of nitrogens with zero attached hydrogens (tertiary/aromatic N) is 2. The van der Waals surface area contributed by atoms with E-state index in [1.807, 2.05) is 6.07 Å². The topological polar surface area (TPSA) is 59.1 Å². The van der Waals surface area contributed by atoms with Crippen molar-refractivity contribution in [1.82, 2.24) is 9.80 Å². The van der Waals surface area contributed by atoms with E-state index in [1.165, 1.54) is 0 Å². The second-order valence-corrected chi connectivity index (χ2v) is 6.18. The molecular formula is C19H19ClN2O4. The first-order valence-corrected chi connectivity index (χ1v) is 8.68. The fraction of sp³-hybridized carbons (Fsp3) is 0.263. The number of halogens is 1. The van der Waals surface area contributed by atoms with Crippen molar-refractivity contribution in [1.29, 1.82) is 0 Å². The van der Waals surface area contributed by atoms with Crippen LogP contribution in [0.15, 0.2) is 54.6 Å². The van der Waals surface area contributed by atoms with Crippen molar-refractivity contribution in [2.75, 3.05) is 32.8 Å². The van der Waals surface area contributed by atoms with Crippen molar-refractivity contribution in [3.63, 3.8) is 0 Å². The van der Waals surface area contributed by atoms with Gasteiger partial charge in [0.05, 0.1) is 5.02 Å². The fourth-order valence-corrected chi connectivity index (χ4v) is 2.78. The molecule has 0 N–H and O–H groups in total. The fourth-order valence-electron chi connectivity index (χ4n) is 2.58. The highest BCUT2D eigenvalue weighted by atomic mass is 35.5. The number of rotatable bonds is 4. The van der Waals surface area contributed by atoms with Crippen molar-refractivity contribution in [2.24, 2.45) is 0 Å². The zero-order chi connectivity index (χ0) is 18.4. The lowest BCUT2D eigenvalue weighted by Gasteiger charge is -2.34. The molecular weight excluding hydrogens is 356 g/mol. The average molecular weight is 375 g/mol. The SMILES string of the molecule is O=C(COc1ccccc1Cl)N1CCN(C(=O)Oc2ccccc2)CC1. The van der Waals surface area contributed by atoms with E-state index in [9.17, 15) is 9.59 Å². The highest BCUT2D eigenvalue weighted by Gasteiger charge is 2.25. The molecule has 2 amide bonds. The van der Waals surface area contributed by atoms with E-state index in [4.69, 9.17) is 21.1 Å². The average Bonchev–Trinajstić information content (AvgIpc) is 2.68. The zero-order valence-corrected chi connectivity index (χ0v) is 14.9. The minimum atomic E-state index is -0.407. The molecule has 0 aromatic heterocycles. The van der Waals surface area contributed by atoms with Crippen LogP contribution < -0.4 is 9.47 Å². The van der Waals surface area contributed by atoms with Crippen LogP contribution in [-0.2, 0) is 4.79 Å². The van der Waals surface area contributed by atoms with Gasteiger partial charge in [0.1, 0.15) is 11.5 Å². The first-order chi connectivity index (χ1) is 12.6. The molecule has 1 aliphatic rings. The van der Waals surface area contributed by atoms with Crippen LogP contribution >= 0.6 is 11.6 Å². The van der Waals surface area contributed by atoms with Crippen molar-refractivity contribution in [3.8, 4) is 11.5 Å². The minimum Gasteiger partial charge on any atom is -0.482 e. The third-order valence-electron chi connectivity index (χ3n) is 4.03. The Bertz CT molecular complexity index is 761.